The van der Waals surface area contributed by atoms with E-state index in [4.69, 9.17) is 63.7 Å². The third-order valence-electron chi connectivity index (χ3n) is 8.92. The Morgan fingerprint density at radius 2 is 1.18 bits per heavy atom. The van der Waals surface area contributed by atoms with Gasteiger partial charge in [0.1, 0.15) is 5.15 Å². The number of fused-ring (bicyclic) bond motifs is 4. The van der Waals surface area contributed by atoms with Crippen molar-refractivity contribution >= 4 is 102 Å². The Balaban J connectivity index is 0.000000135. The van der Waals surface area contributed by atoms with Crippen molar-refractivity contribution in [3.63, 3.8) is 0 Å². The molecule has 4 heterocycles. The molecule has 2 N–H and O–H groups in total. The van der Waals surface area contributed by atoms with E-state index >= 15 is 0 Å². The monoisotopic (exact) mass is 858 g/mol. The summed E-state index contributed by atoms with van der Waals surface area (Å²) in [4.78, 5) is 13.6. The number of hydrogen-bond acceptors (Lipinski definition) is 5. The van der Waals surface area contributed by atoms with Gasteiger partial charge in [-0.1, -0.05) is 118 Å². The summed E-state index contributed by atoms with van der Waals surface area (Å²) in [7, 11) is 0. The first kappa shape index (κ1) is 43.3. The minimum atomic E-state index is 0.286. The van der Waals surface area contributed by atoms with E-state index in [1.165, 1.54) is 57.6 Å². The molecule has 10 heteroatoms. The quantitative estimate of drug-likeness (QED) is 0.154. The molecule has 4 aromatic heterocycles. The molecule has 0 amide bonds. The van der Waals surface area contributed by atoms with Crippen LogP contribution < -0.4 is 5.73 Å². The number of benzene rings is 4. The predicted molar refractivity (Wildman–Crippen MR) is 245 cm³/mol. The molecule has 0 spiro atoms. The van der Waals surface area contributed by atoms with Gasteiger partial charge in [-0.2, -0.15) is 0 Å². The highest BCUT2D eigenvalue weighted by Crippen LogP contribution is 2.30. The van der Waals surface area contributed by atoms with Crippen molar-refractivity contribution in [1.29, 1.82) is 0 Å². The van der Waals surface area contributed by atoms with Crippen LogP contribution in [0.1, 0.15) is 57.1 Å². The molecule has 1 unspecified atom stereocenters. The average molecular weight is 861 g/mol. The first-order chi connectivity index (χ1) is 26.7. The minimum absolute atomic E-state index is 0.286. The number of aromatic nitrogens is 3. The van der Waals surface area contributed by atoms with Crippen LogP contribution in [0.15, 0.2) is 116 Å². The maximum absolute atomic E-state index is 6.02. The van der Waals surface area contributed by atoms with Crippen LogP contribution in [0.2, 0.25) is 24.6 Å². The standard InChI is InChI=1S/C11H15N.3C10H8ClN.C5H4Cl2S/c1-8-5-6-9-3-2-4-11(12)10(9)7-8;1-7-4-8-2-3-9(11)5-10(8)12-6-7;1-7-2-3-8-5-9(11)6-12-10(8)4-7;1-7-2-3-8-5-10(11)12-6-9(8)4-7;1-3-4(6)2-5(7)8-3/h5-7,11H,2-4,12H2,1H3;3*2-6H,1H3;2H,1H3. The van der Waals surface area contributed by atoms with E-state index in [0.29, 0.717) is 10.2 Å². The largest absolute Gasteiger partial charge is 0.324 e. The molecule has 0 saturated carbocycles. The molecule has 4 nitrogen and oxygen atoms in total. The van der Waals surface area contributed by atoms with Crippen LogP contribution in [0.5, 0.6) is 0 Å². The number of hydrogen-bond donors (Lipinski definition) is 1. The summed E-state index contributed by atoms with van der Waals surface area (Å²) in [6.45, 7) is 10.2. The van der Waals surface area contributed by atoms with E-state index in [1.54, 1.807) is 18.5 Å². The van der Waals surface area contributed by atoms with Crippen LogP contribution in [-0.2, 0) is 6.42 Å². The minimum Gasteiger partial charge on any atom is -0.324 e. The van der Waals surface area contributed by atoms with Crippen LogP contribution in [0.4, 0.5) is 0 Å². The van der Waals surface area contributed by atoms with Gasteiger partial charge in [-0.3, -0.25) is 9.97 Å². The summed E-state index contributed by atoms with van der Waals surface area (Å²) in [5, 5.41) is 7.24. The molecule has 0 bridgehead atoms. The fourth-order valence-electron chi connectivity index (χ4n) is 6.02. The van der Waals surface area contributed by atoms with E-state index in [1.807, 2.05) is 62.5 Å². The molecule has 8 aromatic rings. The maximum Gasteiger partial charge on any atom is 0.129 e. The van der Waals surface area contributed by atoms with Crippen molar-refractivity contribution in [2.75, 3.05) is 0 Å². The molecule has 0 radical (unpaired) electrons. The number of aryl methyl sites for hydroxylation is 6. The first-order valence-electron chi connectivity index (χ1n) is 18.1. The van der Waals surface area contributed by atoms with Gasteiger partial charge in [0, 0.05) is 50.7 Å². The lowest BCUT2D eigenvalue weighted by Crippen LogP contribution is -2.17. The summed E-state index contributed by atoms with van der Waals surface area (Å²) >= 11 is 30.1. The van der Waals surface area contributed by atoms with Crippen LogP contribution >= 0.6 is 69.3 Å². The second-order valence-electron chi connectivity index (χ2n) is 13.7. The van der Waals surface area contributed by atoms with Gasteiger partial charge in [0.25, 0.3) is 0 Å². The van der Waals surface area contributed by atoms with E-state index in [9.17, 15) is 0 Å². The van der Waals surface area contributed by atoms with Gasteiger partial charge in [-0.15, -0.1) is 11.3 Å². The zero-order valence-electron chi connectivity index (χ0n) is 31.9. The van der Waals surface area contributed by atoms with Gasteiger partial charge in [-0.05, 0) is 130 Å². The lowest BCUT2D eigenvalue weighted by atomic mass is 9.87. The lowest BCUT2D eigenvalue weighted by Gasteiger charge is -2.22. The van der Waals surface area contributed by atoms with Crippen LogP contribution in [0, 0.1) is 34.6 Å². The lowest BCUT2D eigenvalue weighted by molar-refractivity contribution is 0.570. The van der Waals surface area contributed by atoms with Crippen molar-refractivity contribution in [1.82, 2.24) is 15.0 Å². The highest BCUT2D eigenvalue weighted by molar-refractivity contribution is 7.16. The van der Waals surface area contributed by atoms with Gasteiger partial charge in [-0.25, -0.2) is 4.98 Å². The molecule has 1 aliphatic carbocycles. The van der Waals surface area contributed by atoms with Gasteiger partial charge < -0.3 is 5.73 Å². The molecule has 1 atom stereocenters. The highest BCUT2D eigenvalue weighted by atomic mass is 35.5. The average Bonchev–Trinajstić information content (AvgIpc) is 3.46. The topological polar surface area (TPSA) is 64.7 Å². The molecule has 9 rings (SSSR count). The normalized spacial score (nSPS) is 12.9. The van der Waals surface area contributed by atoms with E-state index in [0.717, 1.165) is 58.3 Å². The van der Waals surface area contributed by atoms with Gasteiger partial charge in [0.05, 0.1) is 25.4 Å². The first-order valence-corrected chi connectivity index (χ1v) is 20.8. The van der Waals surface area contributed by atoms with Crippen molar-refractivity contribution < 1.29 is 0 Å². The molecule has 1 aliphatic rings. The van der Waals surface area contributed by atoms with Crippen molar-refractivity contribution in [2.24, 2.45) is 5.73 Å². The third-order valence-corrected chi connectivity index (χ3v) is 11.3. The van der Waals surface area contributed by atoms with Gasteiger partial charge in [0.15, 0.2) is 0 Å². The summed E-state index contributed by atoms with van der Waals surface area (Å²) in [5.74, 6) is 0. The van der Waals surface area contributed by atoms with E-state index in [-0.39, 0.29) is 6.04 Å². The maximum atomic E-state index is 6.02. The summed E-state index contributed by atoms with van der Waals surface area (Å²) in [5.41, 5.74) is 15.8. The van der Waals surface area contributed by atoms with E-state index in [2.05, 4.69) is 84.3 Å². The molecule has 0 fully saturated rings. The second kappa shape index (κ2) is 20.6. The fraction of sp³-hybridized carbons (Fsp3) is 0.196. The SMILES string of the molecule is Cc1ccc2c(c1)C(N)CCC2.Cc1ccc2cc(Cl)cnc2c1.Cc1ccc2cc(Cl)ncc2c1.Cc1cnc2cc(Cl)ccc2c1.Cc1sc(Cl)cc1Cl. The summed E-state index contributed by atoms with van der Waals surface area (Å²) < 4.78 is 0.757. The van der Waals surface area contributed by atoms with Gasteiger partial charge >= 0.3 is 0 Å². The van der Waals surface area contributed by atoms with Crippen LogP contribution in [0.25, 0.3) is 32.6 Å². The van der Waals surface area contributed by atoms with Crippen molar-refractivity contribution in [3.8, 4) is 0 Å². The number of thiophene rings is 1. The van der Waals surface area contributed by atoms with Gasteiger partial charge in [0.2, 0.25) is 0 Å². The summed E-state index contributed by atoms with van der Waals surface area (Å²) in [6.07, 6.45) is 8.92. The Labute approximate surface area is 358 Å². The Morgan fingerprint density at radius 3 is 1.89 bits per heavy atom. The Kier molecular flexibility index (Phi) is 15.9. The second-order valence-corrected chi connectivity index (χ2v) is 17.3. The molecular weight excluding hydrogens is 818 g/mol. The molecule has 4 aromatic carbocycles. The number of rotatable bonds is 0. The number of nitrogens with zero attached hydrogens (tertiary/aromatic N) is 3. The fourth-order valence-corrected chi connectivity index (χ4v) is 7.95. The highest BCUT2D eigenvalue weighted by Gasteiger charge is 2.15. The molecule has 0 saturated heterocycles. The van der Waals surface area contributed by atoms with Crippen LogP contribution in [0.3, 0.4) is 0 Å². The third kappa shape index (κ3) is 12.9. The molecule has 56 heavy (non-hydrogen) atoms. The molecular formula is C46H43Cl5N4S. The van der Waals surface area contributed by atoms with Crippen molar-refractivity contribution in [3.05, 3.63) is 178 Å². The Bertz CT molecular complexity index is 2230. The predicted octanol–water partition coefficient (Wildman–Crippen LogP) is 15.3. The number of nitrogens with two attached hydrogens (primary N) is 1. The van der Waals surface area contributed by atoms with Crippen LogP contribution in [-0.4, -0.2) is 15.0 Å². The number of halogens is 5. The number of pyridine rings is 3. The zero-order valence-corrected chi connectivity index (χ0v) is 36.5. The molecule has 0 aliphatic heterocycles. The van der Waals surface area contributed by atoms with E-state index < -0.39 is 0 Å². The summed E-state index contributed by atoms with van der Waals surface area (Å²) in [6, 6.07) is 32.7. The Morgan fingerprint density at radius 1 is 0.554 bits per heavy atom. The molecule has 288 valence electrons. The Hall–Kier alpha value is -3.78. The smallest absolute Gasteiger partial charge is 0.129 e. The zero-order chi connectivity index (χ0) is 40.4. The van der Waals surface area contributed by atoms with Crippen molar-refractivity contribution in [2.45, 2.75) is 59.9 Å².